The summed E-state index contributed by atoms with van der Waals surface area (Å²) in [5, 5.41) is 0. The van der Waals surface area contributed by atoms with E-state index in [4.69, 9.17) is 0 Å². The maximum Gasteiger partial charge on any atom is 0.126 e. The maximum atomic E-state index is 12.2. The molecule has 0 nitrogen and oxygen atoms in total. The van der Waals surface area contributed by atoms with E-state index in [1.165, 1.54) is 57.1 Å². The summed E-state index contributed by atoms with van der Waals surface area (Å²) < 4.78 is 24.4. The summed E-state index contributed by atoms with van der Waals surface area (Å²) in [6.07, 6.45) is 9.97. The van der Waals surface area contributed by atoms with E-state index < -0.39 is 11.6 Å². The quantitative estimate of drug-likeness (QED) is 0.545. The van der Waals surface area contributed by atoms with E-state index in [-0.39, 0.29) is 0 Å². The molecule has 0 N–H and O–H groups in total. The molecule has 0 aromatic heterocycles. The fourth-order valence-electron chi connectivity index (χ4n) is 1.72. The molecule has 2 heteroatoms. The van der Waals surface area contributed by atoms with Crippen molar-refractivity contribution in [1.29, 1.82) is 0 Å². The van der Waals surface area contributed by atoms with Gasteiger partial charge in [-0.15, -0.1) is 0 Å². The first-order valence-electron chi connectivity index (χ1n) is 7.02. The molecule has 18 heavy (non-hydrogen) atoms. The van der Waals surface area contributed by atoms with Crippen LogP contribution in [0, 0.1) is 18.6 Å². The van der Waals surface area contributed by atoms with Crippen LogP contribution in [0.4, 0.5) is 8.78 Å². The fourth-order valence-corrected chi connectivity index (χ4v) is 1.72. The van der Waals surface area contributed by atoms with Crippen molar-refractivity contribution in [3.63, 3.8) is 0 Å². The summed E-state index contributed by atoms with van der Waals surface area (Å²) in [6.45, 7) is 6.17. The Labute approximate surface area is 110 Å². The smallest absolute Gasteiger partial charge is 0.126 e. The van der Waals surface area contributed by atoms with Gasteiger partial charge in [0.2, 0.25) is 0 Å². The van der Waals surface area contributed by atoms with E-state index in [2.05, 4.69) is 13.8 Å². The summed E-state index contributed by atoms with van der Waals surface area (Å²) >= 11 is 0. The van der Waals surface area contributed by atoms with Gasteiger partial charge in [-0.3, -0.25) is 0 Å². The van der Waals surface area contributed by atoms with Crippen LogP contribution in [0.3, 0.4) is 0 Å². The van der Waals surface area contributed by atoms with E-state index >= 15 is 0 Å². The highest BCUT2D eigenvalue weighted by atomic mass is 19.1. The van der Waals surface area contributed by atoms with Gasteiger partial charge in [0, 0.05) is 6.07 Å². The first kappa shape index (κ1) is 17.1. The molecule has 0 saturated heterocycles. The molecular formula is C16H26F2. The van der Waals surface area contributed by atoms with Gasteiger partial charge in [0.15, 0.2) is 0 Å². The van der Waals surface area contributed by atoms with E-state index in [1.807, 2.05) is 0 Å². The zero-order valence-electron chi connectivity index (χ0n) is 11.9. The third-order valence-corrected chi connectivity index (χ3v) is 2.71. The number of unbranched alkanes of at least 4 members (excludes halogenated alkanes) is 6. The van der Waals surface area contributed by atoms with Gasteiger partial charge >= 0.3 is 0 Å². The average molecular weight is 256 g/mol. The molecule has 0 fully saturated rings. The van der Waals surface area contributed by atoms with Crippen LogP contribution < -0.4 is 0 Å². The predicted molar refractivity (Wildman–Crippen MR) is 74.8 cm³/mol. The summed E-state index contributed by atoms with van der Waals surface area (Å²) in [6, 6.07) is 3.42. The van der Waals surface area contributed by atoms with Crippen molar-refractivity contribution < 1.29 is 8.78 Å². The van der Waals surface area contributed by atoms with Crippen molar-refractivity contribution in [3.8, 4) is 0 Å². The lowest BCUT2D eigenvalue weighted by Gasteiger charge is -1.96. The van der Waals surface area contributed by atoms with Crippen LogP contribution >= 0.6 is 0 Å². The minimum Gasteiger partial charge on any atom is -0.207 e. The standard InChI is InChI=1S/C9H20.C7H6F2/c1-3-5-7-9-8-6-4-2;1-5-2-6(8)4-7(9)3-5/h3-9H2,1-2H3;2-4H,1H3. The number of hydrogen-bond acceptors (Lipinski definition) is 0. The molecular weight excluding hydrogens is 230 g/mol. The molecule has 0 spiro atoms. The highest BCUT2D eigenvalue weighted by Gasteiger charge is 1.93. The molecule has 0 radical (unpaired) electrons. The molecule has 0 aliphatic carbocycles. The second-order valence-corrected chi connectivity index (χ2v) is 4.71. The van der Waals surface area contributed by atoms with Crippen LogP contribution in [0.2, 0.25) is 0 Å². The first-order chi connectivity index (χ1) is 8.60. The number of benzene rings is 1. The molecule has 0 saturated carbocycles. The van der Waals surface area contributed by atoms with Crippen LogP contribution in [-0.4, -0.2) is 0 Å². The van der Waals surface area contributed by atoms with Crippen molar-refractivity contribution in [1.82, 2.24) is 0 Å². The zero-order valence-corrected chi connectivity index (χ0v) is 11.9. The monoisotopic (exact) mass is 256 g/mol. The summed E-state index contributed by atoms with van der Waals surface area (Å²) in [5.41, 5.74) is 0.604. The number of rotatable bonds is 6. The van der Waals surface area contributed by atoms with Gasteiger partial charge in [-0.25, -0.2) is 8.78 Å². The number of aryl methyl sites for hydroxylation is 1. The summed E-state index contributed by atoms with van der Waals surface area (Å²) in [5.74, 6) is -1.04. The predicted octanol–water partition coefficient (Wildman–Crippen LogP) is 6.03. The largest absolute Gasteiger partial charge is 0.207 e. The minimum absolute atomic E-state index is 0.521. The van der Waals surface area contributed by atoms with Crippen LogP contribution in [0.5, 0.6) is 0 Å². The molecule has 0 atom stereocenters. The summed E-state index contributed by atoms with van der Waals surface area (Å²) in [4.78, 5) is 0. The zero-order chi connectivity index (χ0) is 13.8. The van der Waals surface area contributed by atoms with Gasteiger partial charge in [-0.2, -0.15) is 0 Å². The van der Waals surface area contributed by atoms with E-state index in [0.717, 1.165) is 6.07 Å². The van der Waals surface area contributed by atoms with Gasteiger partial charge in [0.05, 0.1) is 0 Å². The van der Waals surface area contributed by atoms with Crippen LogP contribution in [0.25, 0.3) is 0 Å². The molecule has 0 bridgehead atoms. The van der Waals surface area contributed by atoms with Crippen molar-refractivity contribution in [2.45, 2.75) is 65.7 Å². The third kappa shape index (κ3) is 10.2. The topological polar surface area (TPSA) is 0 Å². The van der Waals surface area contributed by atoms with E-state index in [1.54, 1.807) is 6.92 Å². The van der Waals surface area contributed by atoms with Gasteiger partial charge in [0.1, 0.15) is 11.6 Å². The Kier molecular flexibility index (Phi) is 10.6. The van der Waals surface area contributed by atoms with Crippen LogP contribution in [0.15, 0.2) is 18.2 Å². The average Bonchev–Trinajstić information content (AvgIpc) is 2.28. The lowest BCUT2D eigenvalue weighted by Crippen LogP contribution is -1.80. The Bertz CT molecular complexity index is 251. The lowest BCUT2D eigenvalue weighted by atomic mass is 10.1. The Balaban J connectivity index is 0.000000321. The Morgan fingerprint density at radius 2 is 1.11 bits per heavy atom. The van der Waals surface area contributed by atoms with Gasteiger partial charge in [-0.05, 0) is 24.6 Å². The van der Waals surface area contributed by atoms with Gasteiger partial charge in [-0.1, -0.05) is 58.8 Å². The van der Waals surface area contributed by atoms with Crippen molar-refractivity contribution >= 4 is 0 Å². The molecule has 104 valence electrons. The lowest BCUT2D eigenvalue weighted by molar-refractivity contribution is 0.581. The molecule has 0 aliphatic heterocycles. The van der Waals surface area contributed by atoms with E-state index in [0.29, 0.717) is 5.56 Å². The molecule has 1 aromatic carbocycles. The van der Waals surface area contributed by atoms with Crippen LogP contribution in [-0.2, 0) is 0 Å². The van der Waals surface area contributed by atoms with Crippen molar-refractivity contribution in [2.24, 2.45) is 0 Å². The molecule has 0 heterocycles. The van der Waals surface area contributed by atoms with Gasteiger partial charge < -0.3 is 0 Å². The molecule has 1 rings (SSSR count). The van der Waals surface area contributed by atoms with E-state index in [9.17, 15) is 8.78 Å². The molecule has 0 unspecified atom stereocenters. The molecule has 1 aromatic rings. The number of hydrogen-bond donors (Lipinski definition) is 0. The number of halogens is 2. The van der Waals surface area contributed by atoms with Crippen molar-refractivity contribution in [2.75, 3.05) is 0 Å². The normalized spacial score (nSPS) is 9.83. The van der Waals surface area contributed by atoms with Gasteiger partial charge in [0.25, 0.3) is 0 Å². The highest BCUT2D eigenvalue weighted by molar-refractivity contribution is 5.15. The molecule has 0 aliphatic rings. The molecule has 0 amide bonds. The van der Waals surface area contributed by atoms with Crippen LogP contribution in [0.1, 0.15) is 64.4 Å². The Morgan fingerprint density at radius 1 is 0.722 bits per heavy atom. The first-order valence-corrected chi connectivity index (χ1v) is 7.02. The second-order valence-electron chi connectivity index (χ2n) is 4.71. The Hall–Kier alpha value is -0.920. The third-order valence-electron chi connectivity index (χ3n) is 2.71. The second kappa shape index (κ2) is 11.2. The minimum atomic E-state index is -0.521. The fraction of sp³-hybridized carbons (Fsp3) is 0.625. The maximum absolute atomic E-state index is 12.2. The Morgan fingerprint density at radius 3 is 1.44 bits per heavy atom. The summed E-state index contributed by atoms with van der Waals surface area (Å²) in [7, 11) is 0. The highest BCUT2D eigenvalue weighted by Crippen LogP contribution is 2.06. The SMILES string of the molecule is CCCCCCCCC.Cc1cc(F)cc(F)c1. The van der Waals surface area contributed by atoms with Crippen molar-refractivity contribution in [3.05, 3.63) is 35.4 Å².